The smallest absolute Gasteiger partial charge is 0.338 e. The van der Waals surface area contributed by atoms with Gasteiger partial charge in [0.2, 0.25) is 0 Å². The molecule has 0 amide bonds. The van der Waals surface area contributed by atoms with Crippen molar-refractivity contribution in [2.45, 2.75) is 6.42 Å². The molecule has 5 heteroatoms. The molecule has 0 bridgehead atoms. The number of carbonyl (C=O) groups is 1. The first kappa shape index (κ1) is 16.6. The molecule has 0 aliphatic rings. The van der Waals surface area contributed by atoms with E-state index in [4.69, 9.17) is 4.74 Å². The third kappa shape index (κ3) is 4.88. The van der Waals surface area contributed by atoms with Gasteiger partial charge in [0.15, 0.2) is 0 Å². The lowest BCUT2D eigenvalue weighted by molar-refractivity contribution is 0.0504. The molecule has 1 aromatic carbocycles. The number of ether oxygens (including phenoxy) is 1. The van der Waals surface area contributed by atoms with Crippen LogP contribution in [0.15, 0.2) is 73.2 Å². The number of anilines is 1. The van der Waals surface area contributed by atoms with E-state index < -0.39 is 0 Å². The summed E-state index contributed by atoms with van der Waals surface area (Å²) < 4.78 is 5.24. The van der Waals surface area contributed by atoms with Crippen molar-refractivity contribution in [2.75, 3.05) is 18.5 Å². The Morgan fingerprint density at radius 3 is 2.48 bits per heavy atom. The van der Waals surface area contributed by atoms with Crippen LogP contribution >= 0.6 is 0 Å². The average Bonchev–Trinajstić information content (AvgIpc) is 2.69. The van der Waals surface area contributed by atoms with E-state index in [2.05, 4.69) is 15.3 Å². The topological polar surface area (TPSA) is 64.1 Å². The van der Waals surface area contributed by atoms with Crippen LogP contribution in [0.1, 0.15) is 16.8 Å². The largest absolute Gasteiger partial charge is 0.462 e. The van der Waals surface area contributed by atoms with E-state index in [1.54, 1.807) is 24.5 Å². The summed E-state index contributed by atoms with van der Waals surface area (Å²) in [6, 6.07) is 16.8. The third-order valence-corrected chi connectivity index (χ3v) is 3.65. The van der Waals surface area contributed by atoms with E-state index in [1.807, 2.05) is 48.7 Å². The first-order valence-corrected chi connectivity index (χ1v) is 8.15. The van der Waals surface area contributed by atoms with Gasteiger partial charge in [-0.25, -0.2) is 9.78 Å². The van der Waals surface area contributed by atoms with Crippen LogP contribution in [-0.2, 0) is 4.74 Å². The summed E-state index contributed by atoms with van der Waals surface area (Å²) in [7, 11) is 0. The van der Waals surface area contributed by atoms with E-state index >= 15 is 0 Å². The Balaban J connectivity index is 1.40. The van der Waals surface area contributed by atoms with Gasteiger partial charge in [0, 0.05) is 30.7 Å². The number of carbonyl (C=O) groups excluding carboxylic acids is 1. The summed E-state index contributed by atoms with van der Waals surface area (Å²) in [6.45, 7) is 1.06. The predicted octanol–water partition coefficient (Wildman–Crippen LogP) is 3.80. The van der Waals surface area contributed by atoms with Gasteiger partial charge >= 0.3 is 5.97 Å². The van der Waals surface area contributed by atoms with Gasteiger partial charge in [0.25, 0.3) is 0 Å². The Morgan fingerprint density at radius 2 is 1.76 bits per heavy atom. The Bertz CT molecular complexity index is 790. The highest BCUT2D eigenvalue weighted by Crippen LogP contribution is 2.18. The maximum absolute atomic E-state index is 11.8. The zero-order valence-corrected chi connectivity index (χ0v) is 13.8. The van der Waals surface area contributed by atoms with Crippen LogP contribution in [-0.4, -0.2) is 29.1 Å². The molecule has 2 aromatic heterocycles. The second-order valence-electron chi connectivity index (χ2n) is 5.45. The van der Waals surface area contributed by atoms with Crippen LogP contribution in [0, 0.1) is 0 Å². The maximum Gasteiger partial charge on any atom is 0.338 e. The van der Waals surface area contributed by atoms with E-state index in [1.165, 1.54) is 0 Å². The summed E-state index contributed by atoms with van der Waals surface area (Å²) in [5.74, 6) is 0.507. The van der Waals surface area contributed by atoms with Crippen LogP contribution in [0.5, 0.6) is 0 Å². The normalized spacial score (nSPS) is 10.2. The van der Waals surface area contributed by atoms with Crippen molar-refractivity contribution in [1.29, 1.82) is 0 Å². The number of aromatic nitrogens is 2. The minimum Gasteiger partial charge on any atom is -0.462 e. The molecule has 0 atom stereocenters. The first-order chi connectivity index (χ1) is 12.3. The number of esters is 1. The number of nitrogens with zero attached hydrogens (tertiary/aromatic N) is 2. The van der Waals surface area contributed by atoms with Gasteiger partial charge in [-0.1, -0.05) is 18.2 Å². The number of benzene rings is 1. The quantitative estimate of drug-likeness (QED) is 0.526. The Labute approximate surface area is 146 Å². The van der Waals surface area contributed by atoms with Crippen LogP contribution in [0.2, 0.25) is 0 Å². The van der Waals surface area contributed by atoms with E-state index in [-0.39, 0.29) is 5.97 Å². The molecule has 0 spiro atoms. The summed E-state index contributed by atoms with van der Waals surface area (Å²) in [6.07, 6.45) is 6.07. The van der Waals surface area contributed by atoms with Crippen molar-refractivity contribution in [1.82, 2.24) is 9.97 Å². The Hall–Kier alpha value is -3.21. The van der Waals surface area contributed by atoms with Gasteiger partial charge < -0.3 is 10.1 Å². The monoisotopic (exact) mass is 333 g/mol. The predicted molar refractivity (Wildman–Crippen MR) is 97.3 cm³/mol. The number of pyridine rings is 2. The highest BCUT2D eigenvalue weighted by Gasteiger charge is 2.05. The van der Waals surface area contributed by atoms with Crippen molar-refractivity contribution in [3.05, 3.63) is 78.8 Å². The van der Waals surface area contributed by atoms with Crippen LogP contribution in [0.3, 0.4) is 0 Å². The SMILES string of the molecule is O=C(OCCCNc1ccc(-c2ccncc2)cn1)c1ccccc1. The molecule has 25 heavy (non-hydrogen) atoms. The van der Waals surface area contributed by atoms with Crippen molar-refractivity contribution >= 4 is 11.8 Å². The molecule has 0 saturated carbocycles. The van der Waals surface area contributed by atoms with Gasteiger partial charge in [-0.3, -0.25) is 4.98 Å². The second kappa shape index (κ2) is 8.59. The molecule has 2 heterocycles. The fourth-order valence-corrected chi connectivity index (χ4v) is 2.32. The Kier molecular flexibility index (Phi) is 5.72. The second-order valence-corrected chi connectivity index (χ2v) is 5.45. The van der Waals surface area contributed by atoms with Crippen molar-refractivity contribution in [3.63, 3.8) is 0 Å². The average molecular weight is 333 g/mol. The fraction of sp³-hybridized carbons (Fsp3) is 0.150. The maximum atomic E-state index is 11.8. The van der Waals surface area contributed by atoms with Gasteiger partial charge in [-0.05, 0) is 48.4 Å². The summed E-state index contributed by atoms with van der Waals surface area (Å²) in [5.41, 5.74) is 2.70. The molecule has 0 radical (unpaired) electrons. The number of hydrogen-bond donors (Lipinski definition) is 1. The zero-order valence-electron chi connectivity index (χ0n) is 13.8. The number of hydrogen-bond acceptors (Lipinski definition) is 5. The van der Waals surface area contributed by atoms with Crippen molar-refractivity contribution < 1.29 is 9.53 Å². The van der Waals surface area contributed by atoms with Crippen molar-refractivity contribution in [3.8, 4) is 11.1 Å². The molecule has 1 N–H and O–H groups in total. The minimum absolute atomic E-state index is 0.291. The molecule has 0 aliphatic carbocycles. The molecular weight excluding hydrogens is 314 g/mol. The van der Waals surface area contributed by atoms with Gasteiger partial charge in [0.1, 0.15) is 5.82 Å². The third-order valence-electron chi connectivity index (χ3n) is 3.65. The molecule has 0 unspecified atom stereocenters. The van der Waals surface area contributed by atoms with Gasteiger partial charge in [-0.2, -0.15) is 0 Å². The number of nitrogens with one attached hydrogen (secondary N) is 1. The lowest BCUT2D eigenvalue weighted by Crippen LogP contribution is -2.10. The lowest BCUT2D eigenvalue weighted by atomic mass is 10.1. The molecule has 5 nitrogen and oxygen atoms in total. The first-order valence-electron chi connectivity index (χ1n) is 8.15. The molecule has 126 valence electrons. The molecule has 0 saturated heterocycles. The molecule has 0 fully saturated rings. The summed E-state index contributed by atoms with van der Waals surface area (Å²) in [5, 5.41) is 3.22. The molecule has 0 aliphatic heterocycles. The van der Waals surface area contributed by atoms with E-state index in [0.29, 0.717) is 25.1 Å². The summed E-state index contributed by atoms with van der Waals surface area (Å²) in [4.78, 5) is 20.2. The number of rotatable bonds is 7. The van der Waals surface area contributed by atoms with Gasteiger partial charge in [-0.15, -0.1) is 0 Å². The fourth-order valence-electron chi connectivity index (χ4n) is 2.32. The van der Waals surface area contributed by atoms with E-state index in [9.17, 15) is 4.79 Å². The Morgan fingerprint density at radius 1 is 0.960 bits per heavy atom. The minimum atomic E-state index is -0.291. The summed E-state index contributed by atoms with van der Waals surface area (Å²) >= 11 is 0. The van der Waals surface area contributed by atoms with Crippen molar-refractivity contribution in [2.24, 2.45) is 0 Å². The van der Waals surface area contributed by atoms with Gasteiger partial charge in [0.05, 0.1) is 12.2 Å². The van der Waals surface area contributed by atoms with Crippen LogP contribution in [0.4, 0.5) is 5.82 Å². The molecular formula is C20H19N3O2. The highest BCUT2D eigenvalue weighted by molar-refractivity contribution is 5.89. The van der Waals surface area contributed by atoms with Crippen LogP contribution in [0.25, 0.3) is 11.1 Å². The standard InChI is InChI=1S/C20H19N3O2/c24-20(17-5-2-1-3-6-17)25-14-4-11-22-19-8-7-18(15-23-19)16-9-12-21-13-10-16/h1-3,5-10,12-13,15H,4,11,14H2,(H,22,23). The highest BCUT2D eigenvalue weighted by atomic mass is 16.5. The zero-order chi connectivity index (χ0) is 17.3. The van der Waals surface area contributed by atoms with E-state index in [0.717, 1.165) is 16.9 Å². The molecule has 3 aromatic rings. The lowest BCUT2D eigenvalue weighted by Gasteiger charge is -2.08. The van der Waals surface area contributed by atoms with Crippen LogP contribution < -0.4 is 5.32 Å². The molecule has 3 rings (SSSR count).